The van der Waals surface area contributed by atoms with Gasteiger partial charge in [0.25, 0.3) is 0 Å². The number of nitrogen functional groups attached to an aromatic ring is 1. The van der Waals surface area contributed by atoms with E-state index in [1.165, 1.54) is 12.1 Å². The van der Waals surface area contributed by atoms with Gasteiger partial charge in [-0.05, 0) is 17.7 Å². The molecule has 0 atom stereocenters. The number of anilines is 1. The SMILES string of the molecule is Nc1c(Cl)ccc(S(=O)(=O)NCc2ccccc2)c1Cl. The zero-order chi connectivity index (χ0) is 14.8. The fourth-order valence-electron chi connectivity index (χ4n) is 1.61. The number of nitrogens with one attached hydrogen (secondary N) is 1. The van der Waals surface area contributed by atoms with Crippen molar-refractivity contribution in [3.05, 3.63) is 58.1 Å². The van der Waals surface area contributed by atoms with Gasteiger partial charge in [-0.15, -0.1) is 0 Å². The summed E-state index contributed by atoms with van der Waals surface area (Å²) in [7, 11) is -3.75. The van der Waals surface area contributed by atoms with Crippen LogP contribution in [0.1, 0.15) is 5.56 Å². The summed E-state index contributed by atoms with van der Waals surface area (Å²) in [5, 5.41) is 0.148. The molecule has 0 radical (unpaired) electrons. The second-order valence-electron chi connectivity index (χ2n) is 4.08. The second kappa shape index (κ2) is 6.01. The van der Waals surface area contributed by atoms with Crippen molar-refractivity contribution in [1.82, 2.24) is 4.72 Å². The smallest absolute Gasteiger partial charge is 0.242 e. The fraction of sp³-hybridized carbons (Fsp3) is 0.0769. The molecular weight excluding hydrogens is 319 g/mol. The first kappa shape index (κ1) is 15.1. The predicted octanol–water partition coefficient (Wildman–Crippen LogP) is 3.05. The van der Waals surface area contributed by atoms with Gasteiger partial charge in [0.15, 0.2) is 0 Å². The molecule has 0 aliphatic heterocycles. The lowest BCUT2D eigenvalue weighted by molar-refractivity contribution is 0.581. The summed E-state index contributed by atoms with van der Waals surface area (Å²) in [6.45, 7) is 0.169. The van der Waals surface area contributed by atoms with Gasteiger partial charge in [0.1, 0.15) is 4.90 Å². The first-order valence-electron chi connectivity index (χ1n) is 5.69. The van der Waals surface area contributed by atoms with Gasteiger partial charge in [0.05, 0.1) is 15.7 Å². The topological polar surface area (TPSA) is 72.2 Å². The first-order valence-corrected chi connectivity index (χ1v) is 7.93. The predicted molar refractivity (Wildman–Crippen MR) is 81.3 cm³/mol. The van der Waals surface area contributed by atoms with Crippen molar-refractivity contribution in [2.75, 3.05) is 5.73 Å². The number of sulfonamides is 1. The Labute approximate surface area is 127 Å². The molecule has 0 aromatic heterocycles. The van der Waals surface area contributed by atoms with Crippen LogP contribution in [0, 0.1) is 0 Å². The number of nitrogens with two attached hydrogens (primary N) is 1. The lowest BCUT2D eigenvalue weighted by Gasteiger charge is -2.10. The summed E-state index contributed by atoms with van der Waals surface area (Å²) >= 11 is 11.7. The molecule has 7 heteroatoms. The van der Waals surface area contributed by atoms with Crippen molar-refractivity contribution in [2.24, 2.45) is 0 Å². The maximum atomic E-state index is 12.2. The Morgan fingerprint density at radius 1 is 1.05 bits per heavy atom. The van der Waals surface area contributed by atoms with E-state index in [0.717, 1.165) is 5.56 Å². The summed E-state index contributed by atoms with van der Waals surface area (Å²) < 4.78 is 26.9. The van der Waals surface area contributed by atoms with E-state index in [-0.39, 0.29) is 27.2 Å². The minimum atomic E-state index is -3.75. The van der Waals surface area contributed by atoms with Crippen molar-refractivity contribution in [3.8, 4) is 0 Å². The van der Waals surface area contributed by atoms with Gasteiger partial charge in [0.2, 0.25) is 10.0 Å². The zero-order valence-electron chi connectivity index (χ0n) is 10.3. The third kappa shape index (κ3) is 3.24. The number of rotatable bonds is 4. The van der Waals surface area contributed by atoms with E-state index in [2.05, 4.69) is 4.72 Å². The van der Waals surface area contributed by atoms with Gasteiger partial charge in [0, 0.05) is 6.54 Å². The highest BCUT2D eigenvalue weighted by Crippen LogP contribution is 2.32. The average molecular weight is 331 g/mol. The van der Waals surface area contributed by atoms with Crippen LogP contribution in [0.4, 0.5) is 5.69 Å². The van der Waals surface area contributed by atoms with Crippen molar-refractivity contribution < 1.29 is 8.42 Å². The van der Waals surface area contributed by atoms with E-state index in [4.69, 9.17) is 28.9 Å². The summed E-state index contributed by atoms with van der Waals surface area (Å²) in [5.41, 5.74) is 6.52. The molecule has 0 saturated carbocycles. The minimum Gasteiger partial charge on any atom is -0.396 e. The van der Waals surface area contributed by atoms with Gasteiger partial charge < -0.3 is 5.73 Å². The van der Waals surface area contributed by atoms with E-state index in [0.29, 0.717) is 0 Å². The Kier molecular flexibility index (Phi) is 4.55. The van der Waals surface area contributed by atoms with Crippen molar-refractivity contribution in [1.29, 1.82) is 0 Å². The summed E-state index contributed by atoms with van der Waals surface area (Å²) in [4.78, 5) is -0.0861. The minimum absolute atomic E-state index is 0.0518. The van der Waals surface area contributed by atoms with Crippen LogP contribution in [0.15, 0.2) is 47.4 Å². The third-order valence-corrected chi connectivity index (χ3v) is 4.98. The van der Waals surface area contributed by atoms with Crippen LogP contribution in [0.2, 0.25) is 10.0 Å². The Morgan fingerprint density at radius 3 is 2.35 bits per heavy atom. The molecule has 106 valence electrons. The van der Waals surface area contributed by atoms with Crippen LogP contribution in [0.3, 0.4) is 0 Å². The van der Waals surface area contributed by atoms with Gasteiger partial charge >= 0.3 is 0 Å². The highest BCUT2D eigenvalue weighted by Gasteiger charge is 2.20. The first-order chi connectivity index (χ1) is 9.42. The molecule has 3 N–H and O–H groups in total. The molecular formula is C13H12Cl2N2O2S. The second-order valence-corrected chi connectivity index (χ2v) is 6.60. The van der Waals surface area contributed by atoms with Gasteiger partial charge in [-0.3, -0.25) is 0 Å². The van der Waals surface area contributed by atoms with Crippen LogP contribution in [-0.4, -0.2) is 8.42 Å². The van der Waals surface area contributed by atoms with E-state index < -0.39 is 10.0 Å². The molecule has 0 saturated heterocycles. The maximum Gasteiger partial charge on any atom is 0.242 e. The van der Waals surface area contributed by atoms with Crippen LogP contribution >= 0.6 is 23.2 Å². The Balaban J connectivity index is 2.25. The van der Waals surface area contributed by atoms with Crippen LogP contribution in [0.25, 0.3) is 0 Å². The molecule has 0 unspecified atom stereocenters. The maximum absolute atomic E-state index is 12.2. The van der Waals surface area contributed by atoms with Crippen molar-refractivity contribution in [2.45, 2.75) is 11.4 Å². The molecule has 2 aromatic carbocycles. The Bertz CT molecular complexity index is 719. The van der Waals surface area contributed by atoms with Gasteiger partial charge in [-0.2, -0.15) is 0 Å². The summed E-state index contributed by atoms with van der Waals surface area (Å²) in [6, 6.07) is 11.9. The van der Waals surface area contributed by atoms with Crippen molar-refractivity contribution in [3.63, 3.8) is 0 Å². The summed E-state index contributed by atoms with van der Waals surface area (Å²) in [6.07, 6.45) is 0. The number of benzene rings is 2. The quantitative estimate of drug-likeness (QED) is 0.846. The Hall–Kier alpha value is -1.27. The summed E-state index contributed by atoms with van der Waals surface area (Å²) in [5.74, 6) is 0. The number of hydrogen-bond donors (Lipinski definition) is 2. The molecule has 0 aliphatic carbocycles. The normalized spacial score (nSPS) is 11.5. The van der Waals surface area contributed by atoms with Crippen LogP contribution in [-0.2, 0) is 16.6 Å². The number of hydrogen-bond acceptors (Lipinski definition) is 3. The average Bonchev–Trinajstić information content (AvgIpc) is 2.44. The molecule has 0 bridgehead atoms. The monoisotopic (exact) mass is 330 g/mol. The standard InChI is InChI=1S/C13H12Cl2N2O2S/c14-10-6-7-11(12(15)13(10)16)20(18,19)17-8-9-4-2-1-3-5-9/h1-7,17H,8,16H2. The molecule has 2 aromatic rings. The molecule has 4 nitrogen and oxygen atoms in total. The van der Waals surface area contributed by atoms with Crippen molar-refractivity contribution >= 4 is 38.9 Å². The van der Waals surface area contributed by atoms with E-state index in [9.17, 15) is 8.42 Å². The highest BCUT2D eigenvalue weighted by atomic mass is 35.5. The Morgan fingerprint density at radius 2 is 1.70 bits per heavy atom. The van der Waals surface area contributed by atoms with E-state index in [1.807, 2.05) is 30.3 Å². The largest absolute Gasteiger partial charge is 0.396 e. The van der Waals surface area contributed by atoms with E-state index >= 15 is 0 Å². The fourth-order valence-corrected chi connectivity index (χ4v) is 3.39. The van der Waals surface area contributed by atoms with Gasteiger partial charge in [-0.25, -0.2) is 13.1 Å². The molecule has 0 spiro atoms. The molecule has 0 amide bonds. The molecule has 0 fully saturated rings. The zero-order valence-corrected chi connectivity index (χ0v) is 12.6. The van der Waals surface area contributed by atoms with Crippen LogP contribution in [0.5, 0.6) is 0 Å². The number of halogens is 2. The van der Waals surface area contributed by atoms with Crippen LogP contribution < -0.4 is 10.5 Å². The van der Waals surface area contributed by atoms with Gasteiger partial charge in [-0.1, -0.05) is 53.5 Å². The van der Waals surface area contributed by atoms with E-state index in [1.54, 1.807) is 0 Å². The lowest BCUT2D eigenvalue weighted by atomic mass is 10.2. The molecule has 0 heterocycles. The molecule has 2 rings (SSSR count). The molecule has 0 aliphatic rings. The lowest BCUT2D eigenvalue weighted by Crippen LogP contribution is -2.23. The molecule has 20 heavy (non-hydrogen) atoms. The highest BCUT2D eigenvalue weighted by molar-refractivity contribution is 7.89. The third-order valence-electron chi connectivity index (χ3n) is 2.69.